The topological polar surface area (TPSA) is 120 Å². The van der Waals surface area contributed by atoms with E-state index in [0.717, 1.165) is 11.1 Å². The number of hydrogen-bond donors (Lipinski definition) is 5. The van der Waals surface area contributed by atoms with Gasteiger partial charge in [0, 0.05) is 18.7 Å². The Labute approximate surface area is 139 Å². The number of rotatable bonds is 5. The van der Waals surface area contributed by atoms with E-state index in [1.54, 1.807) is 33.0 Å². The average Bonchev–Trinajstić information content (AvgIpc) is 2.88. The first-order chi connectivity index (χ1) is 11.2. The Kier molecular flexibility index (Phi) is 5.30. The number of H-pyrrole nitrogens is 1. The second-order valence-corrected chi connectivity index (χ2v) is 6.32. The van der Waals surface area contributed by atoms with Crippen LogP contribution in [-0.4, -0.2) is 32.1 Å². The number of carbonyl (C=O) groups is 1. The molecule has 8 heteroatoms. The number of benzene rings is 1. The maximum Gasteiger partial charge on any atom is 0.413 e. The van der Waals surface area contributed by atoms with Crippen LogP contribution in [0.3, 0.4) is 0 Å². The Bertz CT molecular complexity index is 706. The predicted molar refractivity (Wildman–Crippen MR) is 88.8 cm³/mol. The summed E-state index contributed by atoms with van der Waals surface area (Å²) in [5.74, 6) is 0.146. The van der Waals surface area contributed by atoms with Crippen molar-refractivity contribution in [3.05, 3.63) is 35.5 Å². The number of aromatic nitrogens is 2. The number of phenolic OH excluding ortho intramolecular Hbond substituents is 2. The molecule has 0 fully saturated rings. The summed E-state index contributed by atoms with van der Waals surface area (Å²) >= 11 is 0. The zero-order valence-electron chi connectivity index (χ0n) is 13.9. The van der Waals surface area contributed by atoms with Gasteiger partial charge in [0.25, 0.3) is 0 Å². The van der Waals surface area contributed by atoms with Crippen LogP contribution in [-0.2, 0) is 17.8 Å². The van der Waals surface area contributed by atoms with Gasteiger partial charge in [0.1, 0.15) is 11.4 Å². The van der Waals surface area contributed by atoms with Crippen molar-refractivity contribution in [2.75, 3.05) is 5.32 Å². The van der Waals surface area contributed by atoms with Crippen LogP contribution in [0.15, 0.2) is 24.4 Å². The van der Waals surface area contributed by atoms with Crippen molar-refractivity contribution >= 4 is 11.9 Å². The van der Waals surface area contributed by atoms with Crippen LogP contribution in [0.25, 0.3) is 0 Å². The standard InChI is InChI=1S/C16H22N4O4/c1-16(2,3)24-15(23)19-14-11(9-18-20-14)8-17-7-10-4-5-12(21)13(22)6-10/h4-6,9,17,21-22H,7-8H2,1-3H3,(H2,18,19,20,23). The zero-order valence-corrected chi connectivity index (χ0v) is 13.9. The molecule has 130 valence electrons. The van der Waals surface area contributed by atoms with Crippen LogP contribution in [0.1, 0.15) is 31.9 Å². The molecule has 0 atom stereocenters. The number of nitrogens with zero attached hydrogens (tertiary/aromatic N) is 1. The molecule has 2 aromatic rings. The van der Waals surface area contributed by atoms with Crippen LogP contribution in [0.2, 0.25) is 0 Å². The predicted octanol–water partition coefficient (Wildman–Crippen LogP) is 2.46. The van der Waals surface area contributed by atoms with Gasteiger partial charge in [-0.25, -0.2) is 4.79 Å². The first kappa shape index (κ1) is 17.6. The van der Waals surface area contributed by atoms with Gasteiger partial charge >= 0.3 is 6.09 Å². The summed E-state index contributed by atoms with van der Waals surface area (Å²) in [6, 6.07) is 4.62. The molecule has 1 amide bonds. The minimum Gasteiger partial charge on any atom is -0.504 e. The van der Waals surface area contributed by atoms with Crippen molar-refractivity contribution in [2.24, 2.45) is 0 Å². The Hall–Kier alpha value is -2.74. The molecule has 2 rings (SSSR count). The van der Waals surface area contributed by atoms with E-state index in [2.05, 4.69) is 20.8 Å². The molecule has 0 saturated carbocycles. The minimum atomic E-state index is -0.580. The van der Waals surface area contributed by atoms with E-state index in [1.165, 1.54) is 12.1 Å². The van der Waals surface area contributed by atoms with Gasteiger partial charge in [0.2, 0.25) is 0 Å². The van der Waals surface area contributed by atoms with Gasteiger partial charge in [0.15, 0.2) is 11.5 Å². The summed E-state index contributed by atoms with van der Waals surface area (Å²) in [6.07, 6.45) is 1.05. The molecule has 5 N–H and O–H groups in total. The van der Waals surface area contributed by atoms with Crippen molar-refractivity contribution in [3.8, 4) is 11.5 Å². The number of ether oxygens (including phenoxy) is 1. The van der Waals surface area contributed by atoms with Crippen molar-refractivity contribution in [1.82, 2.24) is 15.5 Å². The summed E-state index contributed by atoms with van der Waals surface area (Å²) in [7, 11) is 0. The average molecular weight is 334 g/mol. The molecule has 1 aromatic heterocycles. The molecule has 0 unspecified atom stereocenters. The Morgan fingerprint density at radius 1 is 1.25 bits per heavy atom. The van der Waals surface area contributed by atoms with Gasteiger partial charge in [-0.3, -0.25) is 10.4 Å². The lowest BCUT2D eigenvalue weighted by atomic mass is 10.2. The van der Waals surface area contributed by atoms with Crippen LogP contribution in [0, 0.1) is 0 Å². The molecule has 0 aliphatic heterocycles. The zero-order chi connectivity index (χ0) is 17.7. The van der Waals surface area contributed by atoms with E-state index < -0.39 is 11.7 Å². The summed E-state index contributed by atoms with van der Waals surface area (Å²) in [4.78, 5) is 11.8. The SMILES string of the molecule is CC(C)(C)OC(=O)Nc1[nH]ncc1CNCc1ccc(O)c(O)c1. The fourth-order valence-corrected chi connectivity index (χ4v) is 1.98. The third kappa shape index (κ3) is 5.17. The Morgan fingerprint density at radius 2 is 2.00 bits per heavy atom. The molecule has 1 heterocycles. The second-order valence-electron chi connectivity index (χ2n) is 6.32. The van der Waals surface area contributed by atoms with Gasteiger partial charge in [-0.15, -0.1) is 0 Å². The van der Waals surface area contributed by atoms with Gasteiger partial charge in [-0.05, 0) is 38.5 Å². The van der Waals surface area contributed by atoms with E-state index >= 15 is 0 Å². The van der Waals surface area contributed by atoms with Gasteiger partial charge in [-0.2, -0.15) is 5.10 Å². The van der Waals surface area contributed by atoms with Crippen LogP contribution >= 0.6 is 0 Å². The molecule has 24 heavy (non-hydrogen) atoms. The fraction of sp³-hybridized carbons (Fsp3) is 0.375. The smallest absolute Gasteiger partial charge is 0.413 e. The highest BCUT2D eigenvalue weighted by Crippen LogP contribution is 2.24. The van der Waals surface area contributed by atoms with Crippen molar-refractivity contribution in [2.45, 2.75) is 39.5 Å². The van der Waals surface area contributed by atoms with Crippen LogP contribution in [0.5, 0.6) is 11.5 Å². The first-order valence-corrected chi connectivity index (χ1v) is 7.48. The highest BCUT2D eigenvalue weighted by molar-refractivity contribution is 5.84. The lowest BCUT2D eigenvalue weighted by molar-refractivity contribution is 0.0635. The number of anilines is 1. The summed E-state index contributed by atoms with van der Waals surface area (Å²) in [5.41, 5.74) is 1.00. The molecular formula is C16H22N4O4. The van der Waals surface area contributed by atoms with Crippen molar-refractivity contribution < 1.29 is 19.7 Å². The molecule has 0 aliphatic carbocycles. The van der Waals surface area contributed by atoms with E-state index in [4.69, 9.17) is 4.74 Å². The normalized spacial score (nSPS) is 11.3. The molecule has 0 spiro atoms. The van der Waals surface area contributed by atoms with E-state index in [9.17, 15) is 15.0 Å². The molecule has 1 aromatic carbocycles. The summed E-state index contributed by atoms with van der Waals surface area (Å²) in [5, 5.41) is 31.2. The second kappa shape index (κ2) is 7.22. The molecular weight excluding hydrogens is 312 g/mol. The highest BCUT2D eigenvalue weighted by Gasteiger charge is 2.17. The van der Waals surface area contributed by atoms with E-state index in [0.29, 0.717) is 18.9 Å². The third-order valence-electron chi connectivity index (χ3n) is 3.03. The monoisotopic (exact) mass is 334 g/mol. The van der Waals surface area contributed by atoms with E-state index in [1.807, 2.05) is 0 Å². The quantitative estimate of drug-likeness (QED) is 0.536. The molecule has 8 nitrogen and oxygen atoms in total. The fourth-order valence-electron chi connectivity index (χ4n) is 1.98. The molecule has 0 aliphatic rings. The number of phenols is 2. The lowest BCUT2D eigenvalue weighted by Gasteiger charge is -2.19. The number of nitrogens with one attached hydrogen (secondary N) is 3. The summed E-state index contributed by atoms with van der Waals surface area (Å²) in [6.45, 7) is 6.29. The molecule has 0 saturated heterocycles. The number of aromatic hydroxyl groups is 2. The minimum absolute atomic E-state index is 0.155. The number of amides is 1. The van der Waals surface area contributed by atoms with Crippen LogP contribution < -0.4 is 10.6 Å². The summed E-state index contributed by atoms with van der Waals surface area (Å²) < 4.78 is 5.19. The number of carbonyl (C=O) groups excluding carboxylic acids is 1. The maximum atomic E-state index is 11.8. The Morgan fingerprint density at radius 3 is 2.67 bits per heavy atom. The highest BCUT2D eigenvalue weighted by atomic mass is 16.6. The first-order valence-electron chi connectivity index (χ1n) is 7.48. The lowest BCUT2D eigenvalue weighted by Crippen LogP contribution is -2.27. The largest absolute Gasteiger partial charge is 0.504 e. The molecule has 0 radical (unpaired) electrons. The maximum absolute atomic E-state index is 11.8. The van der Waals surface area contributed by atoms with Crippen molar-refractivity contribution in [1.29, 1.82) is 0 Å². The van der Waals surface area contributed by atoms with Gasteiger partial charge < -0.3 is 20.3 Å². The Balaban J connectivity index is 1.88. The van der Waals surface area contributed by atoms with Crippen molar-refractivity contribution in [3.63, 3.8) is 0 Å². The van der Waals surface area contributed by atoms with Crippen LogP contribution in [0.4, 0.5) is 10.6 Å². The number of hydrogen-bond acceptors (Lipinski definition) is 6. The van der Waals surface area contributed by atoms with Gasteiger partial charge in [-0.1, -0.05) is 6.07 Å². The van der Waals surface area contributed by atoms with E-state index in [-0.39, 0.29) is 11.5 Å². The molecule has 0 bridgehead atoms. The number of aromatic amines is 1. The third-order valence-corrected chi connectivity index (χ3v) is 3.03. The van der Waals surface area contributed by atoms with Gasteiger partial charge in [0.05, 0.1) is 6.20 Å².